The second-order valence-corrected chi connectivity index (χ2v) is 6.72. The molecule has 0 aromatic carbocycles. The Labute approximate surface area is 130 Å². The standard InChI is InChI=1S/C14H26N2O4S/c1-11(2)9-20-6-3-4-15-14(19)16-5-7-21-10-12(16)8-13(17)18/h11-12H,3-10H2,1-2H3,(H,15,19)(H,17,18). The number of thioether (sulfide) groups is 1. The summed E-state index contributed by atoms with van der Waals surface area (Å²) in [5, 5.41) is 11.7. The van der Waals surface area contributed by atoms with Gasteiger partial charge in [-0.05, 0) is 12.3 Å². The topological polar surface area (TPSA) is 78.9 Å². The fourth-order valence-electron chi connectivity index (χ4n) is 2.08. The highest BCUT2D eigenvalue weighted by molar-refractivity contribution is 7.99. The van der Waals surface area contributed by atoms with E-state index in [4.69, 9.17) is 9.84 Å². The second kappa shape index (κ2) is 9.89. The van der Waals surface area contributed by atoms with Gasteiger partial charge in [-0.3, -0.25) is 4.79 Å². The van der Waals surface area contributed by atoms with Crippen molar-refractivity contribution in [1.82, 2.24) is 10.2 Å². The predicted octanol–water partition coefficient (Wildman–Crippen LogP) is 1.65. The Bertz CT molecular complexity index is 339. The molecule has 1 rings (SSSR count). The molecule has 122 valence electrons. The summed E-state index contributed by atoms with van der Waals surface area (Å²) in [4.78, 5) is 24.6. The maximum atomic E-state index is 12.1. The second-order valence-electron chi connectivity index (χ2n) is 5.57. The third-order valence-corrected chi connectivity index (χ3v) is 4.18. The van der Waals surface area contributed by atoms with Crippen LogP contribution in [0, 0.1) is 5.92 Å². The molecule has 1 saturated heterocycles. The number of carbonyl (C=O) groups excluding carboxylic acids is 1. The zero-order valence-electron chi connectivity index (χ0n) is 12.8. The van der Waals surface area contributed by atoms with Crippen LogP contribution in [0.3, 0.4) is 0 Å². The lowest BCUT2D eigenvalue weighted by molar-refractivity contribution is -0.137. The number of aliphatic carboxylic acids is 1. The molecule has 7 heteroatoms. The molecule has 21 heavy (non-hydrogen) atoms. The first kappa shape index (κ1) is 18.1. The van der Waals surface area contributed by atoms with Gasteiger partial charge in [0.15, 0.2) is 0 Å². The van der Waals surface area contributed by atoms with Crippen molar-refractivity contribution < 1.29 is 19.4 Å². The largest absolute Gasteiger partial charge is 0.481 e. The van der Waals surface area contributed by atoms with Gasteiger partial charge < -0.3 is 20.1 Å². The van der Waals surface area contributed by atoms with Crippen molar-refractivity contribution in [2.24, 2.45) is 5.92 Å². The summed E-state index contributed by atoms with van der Waals surface area (Å²) in [5.41, 5.74) is 0. The van der Waals surface area contributed by atoms with Crippen molar-refractivity contribution in [2.75, 3.05) is 37.8 Å². The molecule has 0 spiro atoms. The minimum atomic E-state index is -0.859. The van der Waals surface area contributed by atoms with Crippen molar-refractivity contribution in [1.29, 1.82) is 0 Å². The normalized spacial score (nSPS) is 18.8. The zero-order chi connectivity index (χ0) is 15.7. The maximum Gasteiger partial charge on any atom is 0.317 e. The van der Waals surface area contributed by atoms with Crippen LogP contribution in [-0.4, -0.2) is 65.9 Å². The molecule has 1 heterocycles. The number of hydrogen-bond donors (Lipinski definition) is 2. The molecule has 0 aromatic rings. The first-order valence-corrected chi connectivity index (χ1v) is 8.58. The van der Waals surface area contributed by atoms with Gasteiger partial charge in [-0.15, -0.1) is 0 Å². The Hall–Kier alpha value is -0.950. The van der Waals surface area contributed by atoms with E-state index in [1.807, 2.05) is 0 Å². The van der Waals surface area contributed by atoms with E-state index in [1.165, 1.54) is 0 Å². The van der Waals surface area contributed by atoms with Crippen molar-refractivity contribution in [3.05, 3.63) is 0 Å². The number of urea groups is 1. The number of nitrogens with zero attached hydrogens (tertiary/aromatic N) is 1. The number of ether oxygens (including phenoxy) is 1. The van der Waals surface area contributed by atoms with Crippen LogP contribution in [-0.2, 0) is 9.53 Å². The van der Waals surface area contributed by atoms with Crippen LogP contribution in [0.15, 0.2) is 0 Å². The highest BCUT2D eigenvalue weighted by Crippen LogP contribution is 2.19. The van der Waals surface area contributed by atoms with Gasteiger partial charge in [0.1, 0.15) is 0 Å². The smallest absolute Gasteiger partial charge is 0.317 e. The summed E-state index contributed by atoms with van der Waals surface area (Å²) in [5.74, 6) is 1.21. The van der Waals surface area contributed by atoms with Gasteiger partial charge in [-0.1, -0.05) is 13.8 Å². The SMILES string of the molecule is CC(C)COCCCNC(=O)N1CCSCC1CC(=O)O. The molecular weight excluding hydrogens is 292 g/mol. The van der Waals surface area contributed by atoms with Crippen LogP contribution in [0.5, 0.6) is 0 Å². The average molecular weight is 318 g/mol. The number of carboxylic acid groups (broad SMARTS) is 1. The number of carboxylic acids is 1. The van der Waals surface area contributed by atoms with E-state index < -0.39 is 5.97 Å². The van der Waals surface area contributed by atoms with E-state index in [1.54, 1.807) is 16.7 Å². The minimum Gasteiger partial charge on any atom is -0.481 e. The van der Waals surface area contributed by atoms with Gasteiger partial charge in [0.05, 0.1) is 12.5 Å². The summed E-state index contributed by atoms with van der Waals surface area (Å²) in [6, 6.07) is -0.371. The van der Waals surface area contributed by atoms with E-state index in [0.717, 1.165) is 18.8 Å². The van der Waals surface area contributed by atoms with Crippen molar-refractivity contribution in [3.63, 3.8) is 0 Å². The lowest BCUT2D eigenvalue weighted by atomic mass is 10.2. The lowest BCUT2D eigenvalue weighted by Gasteiger charge is -2.34. The number of rotatable bonds is 8. The third kappa shape index (κ3) is 7.57. The van der Waals surface area contributed by atoms with Crippen molar-refractivity contribution in [2.45, 2.75) is 32.7 Å². The van der Waals surface area contributed by atoms with Gasteiger partial charge in [0, 0.05) is 37.8 Å². The molecule has 2 N–H and O–H groups in total. The number of carbonyl (C=O) groups is 2. The fraction of sp³-hybridized carbons (Fsp3) is 0.857. The molecule has 0 aromatic heterocycles. The number of amides is 2. The molecule has 1 aliphatic heterocycles. The Morgan fingerprint density at radius 3 is 2.90 bits per heavy atom. The van der Waals surface area contributed by atoms with Gasteiger partial charge in [-0.2, -0.15) is 11.8 Å². The molecular formula is C14H26N2O4S. The van der Waals surface area contributed by atoms with Crippen LogP contribution in [0.25, 0.3) is 0 Å². The minimum absolute atomic E-state index is 0.0118. The molecule has 6 nitrogen and oxygen atoms in total. The maximum absolute atomic E-state index is 12.1. The van der Waals surface area contributed by atoms with Crippen LogP contribution < -0.4 is 5.32 Å². The van der Waals surface area contributed by atoms with E-state index in [2.05, 4.69) is 19.2 Å². The van der Waals surface area contributed by atoms with Gasteiger partial charge in [-0.25, -0.2) is 4.79 Å². The Morgan fingerprint density at radius 2 is 2.24 bits per heavy atom. The van der Waals surface area contributed by atoms with Gasteiger partial charge >= 0.3 is 12.0 Å². The van der Waals surface area contributed by atoms with Crippen LogP contribution in [0.2, 0.25) is 0 Å². The van der Waals surface area contributed by atoms with Gasteiger partial charge in [0.2, 0.25) is 0 Å². The summed E-state index contributed by atoms with van der Waals surface area (Å²) in [7, 11) is 0. The molecule has 1 aliphatic rings. The van der Waals surface area contributed by atoms with E-state index in [0.29, 0.717) is 31.4 Å². The Morgan fingerprint density at radius 1 is 1.48 bits per heavy atom. The summed E-state index contributed by atoms with van der Waals surface area (Å²) in [6.45, 7) is 6.72. The molecule has 0 aliphatic carbocycles. The molecule has 0 radical (unpaired) electrons. The number of hydrogen-bond acceptors (Lipinski definition) is 4. The molecule has 1 atom stereocenters. The number of nitrogens with one attached hydrogen (secondary N) is 1. The van der Waals surface area contributed by atoms with Crippen molar-refractivity contribution in [3.8, 4) is 0 Å². The molecule has 0 bridgehead atoms. The van der Waals surface area contributed by atoms with E-state index >= 15 is 0 Å². The zero-order valence-corrected chi connectivity index (χ0v) is 13.7. The molecule has 0 saturated carbocycles. The Balaban J connectivity index is 2.24. The van der Waals surface area contributed by atoms with E-state index in [9.17, 15) is 9.59 Å². The molecule has 2 amide bonds. The van der Waals surface area contributed by atoms with Crippen molar-refractivity contribution >= 4 is 23.8 Å². The summed E-state index contributed by atoms with van der Waals surface area (Å²) in [6.07, 6.45) is 0.780. The highest BCUT2D eigenvalue weighted by atomic mass is 32.2. The third-order valence-electron chi connectivity index (χ3n) is 3.09. The predicted molar refractivity (Wildman–Crippen MR) is 83.7 cm³/mol. The van der Waals surface area contributed by atoms with Crippen LogP contribution >= 0.6 is 11.8 Å². The van der Waals surface area contributed by atoms with Gasteiger partial charge in [0.25, 0.3) is 0 Å². The van der Waals surface area contributed by atoms with E-state index in [-0.39, 0.29) is 18.5 Å². The summed E-state index contributed by atoms with van der Waals surface area (Å²) < 4.78 is 5.45. The molecule has 1 unspecified atom stereocenters. The quantitative estimate of drug-likeness (QED) is 0.665. The monoisotopic (exact) mass is 318 g/mol. The highest BCUT2D eigenvalue weighted by Gasteiger charge is 2.28. The first-order valence-electron chi connectivity index (χ1n) is 7.42. The summed E-state index contributed by atoms with van der Waals surface area (Å²) >= 11 is 1.70. The lowest BCUT2D eigenvalue weighted by Crippen LogP contribution is -2.51. The molecule has 1 fully saturated rings. The first-order chi connectivity index (χ1) is 10.0. The Kier molecular flexibility index (Phi) is 8.52. The van der Waals surface area contributed by atoms with Crippen LogP contribution in [0.4, 0.5) is 4.79 Å². The average Bonchev–Trinajstić information content (AvgIpc) is 2.42. The van der Waals surface area contributed by atoms with Crippen LogP contribution in [0.1, 0.15) is 26.7 Å². The fourth-order valence-corrected chi connectivity index (χ4v) is 3.15.